The van der Waals surface area contributed by atoms with Gasteiger partial charge in [0.25, 0.3) is 6.43 Å². The Hall–Kier alpha value is -0.250. The van der Waals surface area contributed by atoms with Gasteiger partial charge in [0, 0.05) is 0 Å². The second-order valence-electron chi connectivity index (χ2n) is 0.906. The summed E-state index contributed by atoms with van der Waals surface area (Å²) < 4.78 is 32.9. The van der Waals surface area contributed by atoms with Crippen molar-refractivity contribution < 1.29 is 18.3 Å². The lowest BCUT2D eigenvalue weighted by Crippen LogP contribution is -2.06. The highest BCUT2D eigenvalue weighted by Gasteiger charge is 2.18. The molecule has 43 valence electrons. The number of halogens is 3. The van der Waals surface area contributed by atoms with Crippen LogP contribution in [-0.4, -0.2) is 18.1 Å². The zero-order valence-corrected chi connectivity index (χ0v) is 3.37. The van der Waals surface area contributed by atoms with Gasteiger partial charge in [0.1, 0.15) is 0 Å². The van der Waals surface area contributed by atoms with E-state index in [1.165, 1.54) is 0 Å². The van der Waals surface area contributed by atoms with Crippen molar-refractivity contribution in [3.05, 3.63) is 6.17 Å². The van der Waals surface area contributed by atoms with Crippen molar-refractivity contribution in [2.75, 3.05) is 6.61 Å². The summed E-state index contributed by atoms with van der Waals surface area (Å²) in [6, 6.07) is 0. The van der Waals surface area contributed by atoms with Gasteiger partial charge in [0.15, 0.2) is 0 Å². The summed E-state index contributed by atoms with van der Waals surface area (Å²) >= 11 is 0. The highest BCUT2D eigenvalue weighted by Crippen LogP contribution is 2.10. The van der Waals surface area contributed by atoms with Crippen LogP contribution in [0.3, 0.4) is 0 Å². The molecule has 0 bridgehead atoms. The first-order valence-electron chi connectivity index (χ1n) is 1.58. The van der Waals surface area contributed by atoms with E-state index in [0.29, 0.717) is 0 Å². The van der Waals surface area contributed by atoms with Gasteiger partial charge in [-0.1, -0.05) is 0 Å². The zero-order valence-electron chi connectivity index (χ0n) is 3.37. The fraction of sp³-hybridized carbons (Fsp3) is 0.667. The van der Waals surface area contributed by atoms with Crippen LogP contribution >= 0.6 is 0 Å². The van der Waals surface area contributed by atoms with Gasteiger partial charge in [-0.25, -0.2) is 13.2 Å². The van der Waals surface area contributed by atoms with E-state index in [-0.39, 0.29) is 0 Å². The Balaban J connectivity index is 3.14. The molecule has 0 unspecified atom stereocenters. The molecule has 0 aromatic heterocycles. The van der Waals surface area contributed by atoms with Crippen LogP contribution in [0.5, 0.6) is 0 Å². The highest BCUT2D eigenvalue weighted by molar-refractivity contribution is 4.76. The summed E-state index contributed by atoms with van der Waals surface area (Å²) in [6.45, 7) is -1.18. The highest BCUT2D eigenvalue weighted by atomic mass is 19.3. The van der Waals surface area contributed by atoms with Crippen molar-refractivity contribution in [3.63, 3.8) is 0 Å². The molecule has 0 spiro atoms. The predicted molar refractivity (Wildman–Crippen MR) is 17.4 cm³/mol. The third-order valence-electron chi connectivity index (χ3n) is 0.388. The van der Waals surface area contributed by atoms with Crippen LogP contribution in [-0.2, 0) is 0 Å². The van der Waals surface area contributed by atoms with Gasteiger partial charge < -0.3 is 5.11 Å². The van der Waals surface area contributed by atoms with Crippen LogP contribution < -0.4 is 0 Å². The molecular weight excluding hydrogens is 109 g/mol. The van der Waals surface area contributed by atoms with Crippen molar-refractivity contribution in [1.29, 1.82) is 0 Å². The quantitative estimate of drug-likeness (QED) is 0.560. The molecule has 7 heavy (non-hydrogen) atoms. The van der Waals surface area contributed by atoms with E-state index in [2.05, 4.69) is 0 Å². The van der Waals surface area contributed by atoms with Gasteiger partial charge in [0.2, 0.25) is 6.17 Å². The smallest absolute Gasteiger partial charge is 0.277 e. The van der Waals surface area contributed by atoms with Crippen LogP contribution in [0.15, 0.2) is 0 Å². The first kappa shape index (κ1) is 6.75. The minimum absolute atomic E-state index is 1.18. The molecule has 0 aliphatic heterocycles. The Bertz CT molecular complexity index is 47.4. The van der Waals surface area contributed by atoms with Gasteiger partial charge in [0.05, 0.1) is 6.61 Å². The molecule has 0 rings (SSSR count). The number of hydrogen-bond donors (Lipinski definition) is 1. The summed E-state index contributed by atoms with van der Waals surface area (Å²) in [5.41, 5.74) is 0. The molecule has 1 N–H and O–H groups in total. The second-order valence-corrected chi connectivity index (χ2v) is 0.906. The minimum Gasteiger partial charge on any atom is -0.393 e. The third-order valence-corrected chi connectivity index (χ3v) is 0.388. The van der Waals surface area contributed by atoms with E-state index in [4.69, 9.17) is 5.11 Å². The topological polar surface area (TPSA) is 20.2 Å². The van der Waals surface area contributed by atoms with Gasteiger partial charge in [-0.05, 0) is 0 Å². The van der Waals surface area contributed by atoms with Crippen LogP contribution in [0, 0.1) is 6.17 Å². The van der Waals surface area contributed by atoms with Crippen molar-refractivity contribution in [2.24, 2.45) is 0 Å². The summed E-state index contributed by atoms with van der Waals surface area (Å²) in [7, 11) is 0. The van der Waals surface area contributed by atoms with Gasteiger partial charge in [-0.15, -0.1) is 0 Å². The Morgan fingerprint density at radius 2 is 2.00 bits per heavy atom. The van der Waals surface area contributed by atoms with Crippen molar-refractivity contribution in [1.82, 2.24) is 0 Å². The van der Waals surface area contributed by atoms with Gasteiger partial charge in [-0.2, -0.15) is 0 Å². The van der Waals surface area contributed by atoms with Crippen LogP contribution in [0.4, 0.5) is 13.2 Å². The van der Waals surface area contributed by atoms with Gasteiger partial charge in [-0.3, -0.25) is 0 Å². The predicted octanol–water partition coefficient (Wildman–Crippen LogP) is 0.745. The fourth-order valence-electron chi connectivity index (χ4n) is 0.0690. The maximum absolute atomic E-state index is 11.2. The maximum Gasteiger partial charge on any atom is 0.277 e. The average Bonchev–Trinajstić information content (AvgIpc) is 1.65. The monoisotopic (exact) mass is 113 g/mol. The van der Waals surface area contributed by atoms with Crippen LogP contribution in [0.2, 0.25) is 0 Å². The summed E-state index contributed by atoms with van der Waals surface area (Å²) in [4.78, 5) is 0. The van der Waals surface area contributed by atoms with Crippen molar-refractivity contribution in [2.45, 2.75) is 6.43 Å². The first-order valence-corrected chi connectivity index (χ1v) is 1.58. The summed E-state index contributed by atoms with van der Waals surface area (Å²) in [6.07, 6.45) is -4.81. The third kappa shape index (κ3) is 2.45. The number of aliphatic hydroxyl groups is 1. The zero-order chi connectivity index (χ0) is 5.86. The van der Waals surface area contributed by atoms with E-state index < -0.39 is 19.2 Å². The van der Waals surface area contributed by atoms with Gasteiger partial charge >= 0.3 is 0 Å². The largest absolute Gasteiger partial charge is 0.393 e. The molecule has 0 amide bonds. The number of alkyl halides is 2. The van der Waals surface area contributed by atoms with Crippen LogP contribution in [0.25, 0.3) is 0 Å². The lowest BCUT2D eigenvalue weighted by Gasteiger charge is -1.96. The van der Waals surface area contributed by atoms with Crippen molar-refractivity contribution >= 4 is 0 Å². The molecule has 0 aliphatic rings. The Morgan fingerprint density at radius 1 is 1.57 bits per heavy atom. The molecule has 4 heteroatoms. The molecule has 0 heterocycles. The van der Waals surface area contributed by atoms with E-state index in [9.17, 15) is 13.2 Å². The molecule has 0 saturated carbocycles. The molecule has 0 saturated heterocycles. The summed E-state index contributed by atoms with van der Waals surface area (Å²) in [5.74, 6) is 0. The SMILES string of the molecule is OC[C](F)C(F)F. The average molecular weight is 113 g/mol. The summed E-state index contributed by atoms with van der Waals surface area (Å²) in [5, 5.41) is 7.61. The lowest BCUT2D eigenvalue weighted by molar-refractivity contribution is 0.0831. The standard InChI is InChI=1S/C3H4F3O/c4-2(1-7)3(5)6/h3,7H,1H2. The molecule has 1 nitrogen and oxygen atoms in total. The second kappa shape index (κ2) is 2.85. The maximum atomic E-state index is 11.2. The van der Waals surface area contributed by atoms with Crippen LogP contribution in [0.1, 0.15) is 0 Å². The number of aliphatic hydroxyl groups excluding tert-OH is 1. The molecule has 0 fully saturated rings. The van der Waals surface area contributed by atoms with E-state index in [1.807, 2.05) is 0 Å². The minimum atomic E-state index is -3.13. The molecule has 0 atom stereocenters. The molecule has 0 aromatic rings. The van der Waals surface area contributed by atoms with E-state index in [1.54, 1.807) is 0 Å². The lowest BCUT2D eigenvalue weighted by atomic mass is 10.4. The first-order chi connectivity index (χ1) is 3.18. The molecular formula is C3H4F3O. The van der Waals surface area contributed by atoms with E-state index in [0.717, 1.165) is 0 Å². The number of hydrogen-bond acceptors (Lipinski definition) is 1. The molecule has 0 aliphatic carbocycles. The normalized spacial score (nSPS) is 11.1. The van der Waals surface area contributed by atoms with E-state index >= 15 is 0 Å². The van der Waals surface area contributed by atoms with Crippen molar-refractivity contribution in [3.8, 4) is 0 Å². The molecule has 1 radical (unpaired) electrons. The Kier molecular flexibility index (Phi) is 2.75. The molecule has 0 aromatic carbocycles. The fourth-order valence-corrected chi connectivity index (χ4v) is 0.0690. The Labute approximate surface area is 38.8 Å². The number of rotatable bonds is 2. The Morgan fingerprint density at radius 3 is 2.00 bits per heavy atom.